The third-order valence-electron chi connectivity index (χ3n) is 8.14. The number of rotatable bonds is 5. The molecule has 3 rings (SSSR count). The molecular weight excluding hydrogens is 276 g/mol. The smallest absolute Gasteiger partial charge is 0.0383 e. The first-order valence-electron chi connectivity index (χ1n) is 11.3. The third kappa shape index (κ3) is 4.76. The Morgan fingerprint density at radius 3 is 1.70 bits per heavy atom. The average Bonchev–Trinajstić information content (AvgIpc) is 2.63. The quantitative estimate of drug-likeness (QED) is 0.489. The Hall–Kier alpha value is 0. The van der Waals surface area contributed by atoms with E-state index in [9.17, 15) is 0 Å². The van der Waals surface area contributed by atoms with Crippen LogP contribution in [0, 0.1) is 35.5 Å². The van der Waals surface area contributed by atoms with Gasteiger partial charge in [-0.1, -0.05) is 65.2 Å². The largest absolute Gasteiger partial charge is 0.0654 e. The number of hydrogen-bond donors (Lipinski definition) is 0. The Kier molecular flexibility index (Phi) is 6.90. The van der Waals surface area contributed by atoms with Gasteiger partial charge in [-0.3, -0.25) is 0 Å². The van der Waals surface area contributed by atoms with Gasteiger partial charge >= 0.3 is 0 Å². The summed E-state index contributed by atoms with van der Waals surface area (Å²) in [5.74, 6) is 6.59. The highest BCUT2D eigenvalue weighted by Gasteiger charge is 2.34. The van der Waals surface area contributed by atoms with E-state index in [4.69, 9.17) is 0 Å². The highest BCUT2D eigenvalue weighted by atomic mass is 14.4. The molecule has 0 saturated heterocycles. The van der Waals surface area contributed by atoms with E-state index in [2.05, 4.69) is 13.8 Å². The monoisotopic (exact) mass is 318 g/mol. The zero-order chi connectivity index (χ0) is 16.1. The minimum atomic E-state index is 1.07. The van der Waals surface area contributed by atoms with Crippen molar-refractivity contribution >= 4 is 0 Å². The number of hydrogen-bond acceptors (Lipinski definition) is 0. The molecule has 23 heavy (non-hydrogen) atoms. The maximum Gasteiger partial charge on any atom is -0.0383 e. The summed E-state index contributed by atoms with van der Waals surface area (Å²) in [6.07, 6.45) is 23.1. The second-order valence-corrected chi connectivity index (χ2v) is 9.45. The highest BCUT2D eigenvalue weighted by molar-refractivity contribution is 4.86. The van der Waals surface area contributed by atoms with Crippen LogP contribution in [0.15, 0.2) is 0 Å². The SMILES string of the molecule is CCCC1CCC(C2CCC([C@@H]3CCC[C@H](CC)C3)CC2)CC1. The van der Waals surface area contributed by atoms with E-state index in [-0.39, 0.29) is 0 Å². The van der Waals surface area contributed by atoms with Gasteiger partial charge in [-0.15, -0.1) is 0 Å². The van der Waals surface area contributed by atoms with Crippen molar-refractivity contribution in [1.82, 2.24) is 0 Å². The molecule has 3 saturated carbocycles. The van der Waals surface area contributed by atoms with Crippen molar-refractivity contribution in [2.75, 3.05) is 0 Å². The summed E-state index contributed by atoms with van der Waals surface area (Å²) in [7, 11) is 0. The molecular formula is C23H42. The lowest BCUT2D eigenvalue weighted by molar-refractivity contribution is 0.0994. The van der Waals surface area contributed by atoms with E-state index in [1.807, 2.05) is 0 Å². The molecule has 0 N–H and O–H groups in total. The van der Waals surface area contributed by atoms with Crippen molar-refractivity contribution < 1.29 is 0 Å². The molecule has 0 radical (unpaired) electrons. The van der Waals surface area contributed by atoms with Crippen molar-refractivity contribution in [2.45, 2.75) is 110 Å². The molecule has 0 spiro atoms. The summed E-state index contributed by atoms with van der Waals surface area (Å²) >= 11 is 0. The van der Waals surface area contributed by atoms with Crippen LogP contribution in [0.2, 0.25) is 0 Å². The Bertz CT molecular complexity index is 317. The summed E-state index contributed by atoms with van der Waals surface area (Å²) in [5.41, 5.74) is 0. The molecule has 3 aliphatic carbocycles. The van der Waals surface area contributed by atoms with E-state index in [0.29, 0.717) is 0 Å². The lowest BCUT2D eigenvalue weighted by Crippen LogP contribution is -2.30. The van der Waals surface area contributed by atoms with Gasteiger partial charge < -0.3 is 0 Å². The van der Waals surface area contributed by atoms with Crippen molar-refractivity contribution in [2.24, 2.45) is 35.5 Å². The fourth-order valence-corrected chi connectivity index (χ4v) is 6.58. The molecule has 0 aliphatic heterocycles. The van der Waals surface area contributed by atoms with Gasteiger partial charge in [-0.2, -0.15) is 0 Å². The molecule has 0 aromatic carbocycles. The highest BCUT2D eigenvalue weighted by Crippen LogP contribution is 2.46. The summed E-state index contributed by atoms with van der Waals surface area (Å²) in [5, 5.41) is 0. The maximum absolute atomic E-state index is 2.42. The van der Waals surface area contributed by atoms with Crippen molar-refractivity contribution in [3.05, 3.63) is 0 Å². The summed E-state index contributed by atoms with van der Waals surface area (Å²) in [6, 6.07) is 0. The Morgan fingerprint density at radius 2 is 1.13 bits per heavy atom. The van der Waals surface area contributed by atoms with Crippen LogP contribution in [0.25, 0.3) is 0 Å². The lowest BCUT2D eigenvalue weighted by Gasteiger charge is -2.41. The zero-order valence-electron chi connectivity index (χ0n) is 16.1. The second kappa shape index (κ2) is 8.91. The van der Waals surface area contributed by atoms with E-state index in [1.54, 1.807) is 64.2 Å². The molecule has 0 heterocycles. The molecule has 2 atom stereocenters. The van der Waals surface area contributed by atoms with Crippen LogP contribution in [-0.4, -0.2) is 0 Å². The van der Waals surface area contributed by atoms with Crippen LogP contribution < -0.4 is 0 Å². The van der Waals surface area contributed by atoms with Gasteiger partial charge in [-0.25, -0.2) is 0 Å². The van der Waals surface area contributed by atoms with Gasteiger partial charge in [0.2, 0.25) is 0 Å². The topological polar surface area (TPSA) is 0 Å². The van der Waals surface area contributed by atoms with Crippen LogP contribution in [0.3, 0.4) is 0 Å². The van der Waals surface area contributed by atoms with Gasteiger partial charge in [0.1, 0.15) is 0 Å². The standard InChI is InChI=1S/C23H42/c1-3-6-19-9-11-20(12-10-19)21-13-15-22(16-14-21)23-8-5-7-18(4-2)17-23/h18-23H,3-17H2,1-2H3/t18-,19?,20?,21?,22?,23+/m0/s1. The van der Waals surface area contributed by atoms with Gasteiger partial charge in [-0.05, 0) is 80.5 Å². The molecule has 0 bridgehead atoms. The fourth-order valence-electron chi connectivity index (χ4n) is 6.58. The van der Waals surface area contributed by atoms with Crippen molar-refractivity contribution in [1.29, 1.82) is 0 Å². The Labute approximate surface area is 146 Å². The summed E-state index contributed by atoms with van der Waals surface area (Å²) < 4.78 is 0. The Morgan fingerprint density at radius 1 is 0.565 bits per heavy atom. The summed E-state index contributed by atoms with van der Waals surface area (Å²) in [4.78, 5) is 0. The first-order valence-corrected chi connectivity index (χ1v) is 11.3. The van der Waals surface area contributed by atoms with Gasteiger partial charge in [0, 0.05) is 0 Å². The molecule has 3 aliphatic rings. The molecule has 0 nitrogen and oxygen atoms in total. The minimum Gasteiger partial charge on any atom is -0.0654 e. The molecule has 0 unspecified atom stereocenters. The van der Waals surface area contributed by atoms with Gasteiger partial charge in [0.25, 0.3) is 0 Å². The van der Waals surface area contributed by atoms with E-state index in [1.165, 1.54) is 32.1 Å². The predicted octanol–water partition coefficient (Wildman–Crippen LogP) is 7.62. The van der Waals surface area contributed by atoms with Crippen LogP contribution >= 0.6 is 0 Å². The Balaban J connectivity index is 1.40. The predicted molar refractivity (Wildman–Crippen MR) is 102 cm³/mol. The van der Waals surface area contributed by atoms with E-state index < -0.39 is 0 Å². The first-order chi connectivity index (χ1) is 11.3. The third-order valence-corrected chi connectivity index (χ3v) is 8.14. The van der Waals surface area contributed by atoms with Gasteiger partial charge in [0.15, 0.2) is 0 Å². The molecule has 0 heteroatoms. The zero-order valence-corrected chi connectivity index (χ0v) is 16.1. The fraction of sp³-hybridized carbons (Fsp3) is 1.00. The van der Waals surface area contributed by atoms with Crippen molar-refractivity contribution in [3.63, 3.8) is 0 Å². The first kappa shape index (κ1) is 17.8. The summed E-state index contributed by atoms with van der Waals surface area (Å²) in [6.45, 7) is 4.78. The van der Waals surface area contributed by atoms with E-state index in [0.717, 1.165) is 35.5 Å². The van der Waals surface area contributed by atoms with Gasteiger partial charge in [0.05, 0.1) is 0 Å². The maximum atomic E-state index is 2.42. The molecule has 0 amide bonds. The molecule has 134 valence electrons. The molecule has 0 aromatic rings. The van der Waals surface area contributed by atoms with Crippen LogP contribution in [-0.2, 0) is 0 Å². The lowest BCUT2D eigenvalue weighted by atomic mass is 9.64. The van der Waals surface area contributed by atoms with Crippen LogP contribution in [0.5, 0.6) is 0 Å². The molecule has 0 aromatic heterocycles. The second-order valence-electron chi connectivity index (χ2n) is 9.45. The normalized spacial score (nSPS) is 42.5. The minimum absolute atomic E-state index is 1.07. The van der Waals surface area contributed by atoms with Crippen LogP contribution in [0.1, 0.15) is 110 Å². The average molecular weight is 319 g/mol. The van der Waals surface area contributed by atoms with E-state index >= 15 is 0 Å². The van der Waals surface area contributed by atoms with Crippen LogP contribution in [0.4, 0.5) is 0 Å². The van der Waals surface area contributed by atoms with Crippen molar-refractivity contribution in [3.8, 4) is 0 Å². The molecule has 3 fully saturated rings.